The number of carboxylic acids is 1. The number of aliphatic carboxylic acids is 1. The maximum absolute atomic E-state index is 12.3. The molecule has 6 heteroatoms. The van der Waals surface area contributed by atoms with Gasteiger partial charge in [-0.1, -0.05) is 0 Å². The number of aromatic nitrogens is 1. The van der Waals surface area contributed by atoms with Crippen LogP contribution in [0, 0.1) is 0 Å². The van der Waals surface area contributed by atoms with Crippen molar-refractivity contribution < 1.29 is 23.8 Å². The van der Waals surface area contributed by atoms with Crippen molar-refractivity contribution in [3.63, 3.8) is 0 Å². The molecule has 1 heterocycles. The number of carbonyl (C=O) groups is 1. The summed E-state index contributed by atoms with van der Waals surface area (Å²) in [6, 6.07) is 0. The van der Waals surface area contributed by atoms with E-state index in [0.29, 0.717) is 0 Å². The first-order chi connectivity index (χ1) is 6.52. The van der Waals surface area contributed by atoms with Gasteiger partial charge in [-0.15, -0.1) is 0 Å². The number of carboxylic acid groups (broad SMARTS) is 1. The van der Waals surface area contributed by atoms with E-state index in [1.165, 1.54) is 0 Å². The second kappa shape index (κ2) is 3.99. The molecule has 0 saturated heterocycles. The molecule has 1 aromatic rings. The molecule has 1 rings (SSSR count). The lowest BCUT2D eigenvalue weighted by Gasteiger charge is -2.07. The van der Waals surface area contributed by atoms with Crippen LogP contribution in [0.2, 0.25) is 0 Å². The van der Waals surface area contributed by atoms with E-state index >= 15 is 0 Å². The lowest BCUT2D eigenvalue weighted by Crippen LogP contribution is -2.05. The highest BCUT2D eigenvalue weighted by molar-refractivity contribution is 5.71. The van der Waals surface area contributed by atoms with Crippen molar-refractivity contribution in [1.82, 2.24) is 4.98 Å². The van der Waals surface area contributed by atoms with E-state index < -0.39 is 30.1 Å². The molecule has 0 saturated carbocycles. The lowest BCUT2D eigenvalue weighted by atomic mass is 10.1. The normalized spacial score (nSPS) is 10.5. The number of aromatic hydroxyl groups is 1. The molecule has 1 aromatic heterocycles. The van der Waals surface area contributed by atoms with Gasteiger partial charge < -0.3 is 10.2 Å². The third-order valence-corrected chi connectivity index (χ3v) is 1.63. The molecule has 0 spiro atoms. The molecule has 14 heavy (non-hydrogen) atoms. The third kappa shape index (κ3) is 2.15. The van der Waals surface area contributed by atoms with Gasteiger partial charge >= 0.3 is 5.97 Å². The molecule has 0 aliphatic carbocycles. The van der Waals surface area contributed by atoms with Gasteiger partial charge in [0.1, 0.15) is 5.75 Å². The fraction of sp³-hybridized carbons (Fsp3) is 0.250. The second-order valence-electron chi connectivity index (χ2n) is 2.60. The number of alkyl halides is 2. The van der Waals surface area contributed by atoms with Gasteiger partial charge in [-0.3, -0.25) is 9.78 Å². The molecule has 0 amide bonds. The quantitative estimate of drug-likeness (QED) is 0.777. The lowest BCUT2D eigenvalue weighted by molar-refractivity contribution is -0.136. The Balaban J connectivity index is 3.15. The van der Waals surface area contributed by atoms with Crippen LogP contribution in [0.25, 0.3) is 0 Å². The Morgan fingerprint density at radius 1 is 1.50 bits per heavy atom. The molecular formula is C8H7F2NO3. The van der Waals surface area contributed by atoms with Crippen LogP contribution in [0.4, 0.5) is 8.78 Å². The van der Waals surface area contributed by atoms with Gasteiger partial charge in [0.15, 0.2) is 0 Å². The number of hydrogen-bond acceptors (Lipinski definition) is 3. The number of halogens is 2. The maximum Gasteiger partial charge on any atom is 0.307 e. The average molecular weight is 203 g/mol. The predicted octanol–water partition coefficient (Wildman–Crippen LogP) is 1.35. The number of rotatable bonds is 3. The molecule has 76 valence electrons. The Kier molecular flexibility index (Phi) is 2.95. The van der Waals surface area contributed by atoms with Crippen molar-refractivity contribution in [1.29, 1.82) is 0 Å². The zero-order chi connectivity index (χ0) is 10.7. The average Bonchev–Trinajstić information content (AvgIpc) is 2.07. The number of hydrogen-bond donors (Lipinski definition) is 2. The standard InChI is InChI=1S/C8H7F2NO3/c9-8(10)5-2-11-3-6(12)4(5)1-7(13)14/h2-3,8,12H,1H2,(H,13,14). The van der Waals surface area contributed by atoms with Crippen molar-refractivity contribution in [2.75, 3.05) is 0 Å². The minimum absolute atomic E-state index is 0.289. The van der Waals surface area contributed by atoms with Crippen LogP contribution in [-0.2, 0) is 11.2 Å². The van der Waals surface area contributed by atoms with Crippen molar-refractivity contribution >= 4 is 5.97 Å². The summed E-state index contributed by atoms with van der Waals surface area (Å²) in [6.45, 7) is 0. The molecule has 4 nitrogen and oxygen atoms in total. The Labute approximate surface area is 77.8 Å². The first kappa shape index (κ1) is 10.4. The van der Waals surface area contributed by atoms with Crippen molar-refractivity contribution in [3.05, 3.63) is 23.5 Å². The molecular weight excluding hydrogens is 196 g/mol. The van der Waals surface area contributed by atoms with Gasteiger partial charge in [-0.05, 0) is 0 Å². The highest BCUT2D eigenvalue weighted by Gasteiger charge is 2.18. The van der Waals surface area contributed by atoms with Gasteiger partial charge in [-0.25, -0.2) is 8.78 Å². The van der Waals surface area contributed by atoms with Crippen molar-refractivity contribution in [2.45, 2.75) is 12.8 Å². The van der Waals surface area contributed by atoms with E-state index in [9.17, 15) is 13.6 Å². The molecule has 0 aromatic carbocycles. The van der Waals surface area contributed by atoms with Crippen LogP contribution < -0.4 is 0 Å². The van der Waals surface area contributed by atoms with Crippen LogP contribution in [0.3, 0.4) is 0 Å². The van der Waals surface area contributed by atoms with E-state index in [1.807, 2.05) is 0 Å². The zero-order valence-corrected chi connectivity index (χ0v) is 6.94. The van der Waals surface area contributed by atoms with Crippen LogP contribution in [0.5, 0.6) is 5.75 Å². The first-order valence-corrected chi connectivity index (χ1v) is 3.68. The Bertz CT molecular complexity index is 354. The van der Waals surface area contributed by atoms with Crippen LogP contribution >= 0.6 is 0 Å². The molecule has 0 atom stereocenters. The topological polar surface area (TPSA) is 70.4 Å². The fourth-order valence-electron chi connectivity index (χ4n) is 1.02. The second-order valence-corrected chi connectivity index (χ2v) is 2.60. The molecule has 0 aliphatic heterocycles. The minimum atomic E-state index is -2.84. The number of nitrogens with zero attached hydrogens (tertiary/aromatic N) is 1. The summed E-state index contributed by atoms with van der Waals surface area (Å²) in [5.41, 5.74) is -0.838. The molecule has 0 radical (unpaired) electrons. The molecule has 2 N–H and O–H groups in total. The predicted molar refractivity (Wildman–Crippen MR) is 42.2 cm³/mol. The Morgan fingerprint density at radius 2 is 2.14 bits per heavy atom. The molecule has 0 aliphatic rings. The SMILES string of the molecule is O=C(O)Cc1c(O)cncc1C(F)F. The molecule has 0 fully saturated rings. The van der Waals surface area contributed by atoms with Crippen LogP contribution in [0.1, 0.15) is 17.6 Å². The van der Waals surface area contributed by atoms with Crippen molar-refractivity contribution in [2.24, 2.45) is 0 Å². The number of pyridine rings is 1. The fourth-order valence-corrected chi connectivity index (χ4v) is 1.02. The van der Waals surface area contributed by atoms with E-state index in [0.717, 1.165) is 12.4 Å². The van der Waals surface area contributed by atoms with E-state index in [-0.39, 0.29) is 5.56 Å². The van der Waals surface area contributed by atoms with Crippen molar-refractivity contribution in [3.8, 4) is 5.75 Å². The highest BCUT2D eigenvalue weighted by Crippen LogP contribution is 2.28. The third-order valence-electron chi connectivity index (χ3n) is 1.63. The maximum atomic E-state index is 12.3. The van der Waals surface area contributed by atoms with Gasteiger partial charge in [0.05, 0.1) is 12.6 Å². The van der Waals surface area contributed by atoms with E-state index in [4.69, 9.17) is 10.2 Å². The summed E-state index contributed by atoms with van der Waals surface area (Å²) in [5.74, 6) is -1.81. The largest absolute Gasteiger partial charge is 0.506 e. The minimum Gasteiger partial charge on any atom is -0.506 e. The van der Waals surface area contributed by atoms with Crippen LogP contribution in [-0.4, -0.2) is 21.2 Å². The highest BCUT2D eigenvalue weighted by atomic mass is 19.3. The summed E-state index contributed by atoms with van der Waals surface area (Å²) in [7, 11) is 0. The summed E-state index contributed by atoms with van der Waals surface area (Å²) >= 11 is 0. The van der Waals surface area contributed by atoms with E-state index in [2.05, 4.69) is 4.98 Å². The summed E-state index contributed by atoms with van der Waals surface area (Å²) in [5, 5.41) is 17.6. The van der Waals surface area contributed by atoms with Gasteiger partial charge in [-0.2, -0.15) is 0 Å². The van der Waals surface area contributed by atoms with Gasteiger partial charge in [0.2, 0.25) is 0 Å². The van der Waals surface area contributed by atoms with Gasteiger partial charge in [0, 0.05) is 17.3 Å². The summed E-state index contributed by atoms with van der Waals surface area (Å²) in [6.07, 6.45) is -1.70. The summed E-state index contributed by atoms with van der Waals surface area (Å²) < 4.78 is 24.6. The summed E-state index contributed by atoms with van der Waals surface area (Å²) in [4.78, 5) is 13.7. The van der Waals surface area contributed by atoms with Crippen LogP contribution in [0.15, 0.2) is 12.4 Å². The Hall–Kier alpha value is -1.72. The Morgan fingerprint density at radius 3 is 2.64 bits per heavy atom. The van der Waals surface area contributed by atoms with Gasteiger partial charge in [0.25, 0.3) is 6.43 Å². The molecule has 0 bridgehead atoms. The van der Waals surface area contributed by atoms with E-state index in [1.54, 1.807) is 0 Å². The zero-order valence-electron chi connectivity index (χ0n) is 6.94. The molecule has 0 unspecified atom stereocenters. The monoisotopic (exact) mass is 203 g/mol. The first-order valence-electron chi connectivity index (χ1n) is 3.68. The smallest absolute Gasteiger partial charge is 0.307 e.